The molecule has 0 bridgehead atoms. The quantitative estimate of drug-likeness (QED) is 0.555. The number of alkyl halides is 2. The minimum Gasteiger partial charge on any atom is -0.508 e. The average Bonchev–Trinajstić information content (AvgIpc) is 3.02. The van der Waals surface area contributed by atoms with Crippen LogP contribution in [0.2, 0.25) is 0 Å². The van der Waals surface area contributed by atoms with Crippen molar-refractivity contribution in [3.63, 3.8) is 0 Å². The Balaban J connectivity index is 1.74. The monoisotopic (exact) mass is 462 g/mol. The first kappa shape index (κ1) is 24.1. The summed E-state index contributed by atoms with van der Waals surface area (Å²) in [5.74, 6) is -2.26. The largest absolute Gasteiger partial charge is 0.508 e. The number of halogens is 2. The van der Waals surface area contributed by atoms with Crippen molar-refractivity contribution in [2.75, 3.05) is 13.2 Å². The van der Waals surface area contributed by atoms with Crippen molar-refractivity contribution in [3.05, 3.63) is 59.7 Å². The molecule has 0 saturated carbocycles. The van der Waals surface area contributed by atoms with Gasteiger partial charge in [-0.1, -0.05) is 12.1 Å². The lowest BCUT2D eigenvalue weighted by Crippen LogP contribution is -2.57. The number of hydrogen-bond acceptors (Lipinski definition) is 6. The zero-order chi connectivity index (χ0) is 24.2. The maximum absolute atomic E-state index is 13.2. The maximum atomic E-state index is 13.2. The molecule has 2 aromatic carbocycles. The second kappa shape index (κ2) is 9.95. The summed E-state index contributed by atoms with van der Waals surface area (Å²) in [5.41, 5.74) is -0.521. The fraction of sp³-hybridized carbons (Fsp3) is 0.348. The van der Waals surface area contributed by atoms with Gasteiger partial charge in [-0.05, 0) is 55.8 Å². The smallest absolute Gasteiger partial charge is 0.387 e. The third kappa shape index (κ3) is 5.64. The first-order valence-corrected chi connectivity index (χ1v) is 10.2. The predicted molar refractivity (Wildman–Crippen MR) is 113 cm³/mol. The van der Waals surface area contributed by atoms with Gasteiger partial charge in [-0.3, -0.25) is 14.4 Å². The van der Waals surface area contributed by atoms with Gasteiger partial charge in [0, 0.05) is 12.1 Å². The van der Waals surface area contributed by atoms with Gasteiger partial charge in [-0.2, -0.15) is 8.78 Å². The molecule has 3 rings (SSSR count). The number of phenolic OH excluding ortho intramolecular Hbond substituents is 1. The number of Topliss-reactive ketones (excluding diaryl/α,β-unsaturated/α-hetero) is 1. The Kier molecular flexibility index (Phi) is 7.27. The molecule has 1 saturated heterocycles. The number of aromatic hydroxyl groups is 1. The molecular weight excluding hydrogens is 438 g/mol. The van der Waals surface area contributed by atoms with Crippen molar-refractivity contribution >= 4 is 17.6 Å². The number of amides is 2. The molecule has 1 aliphatic rings. The summed E-state index contributed by atoms with van der Waals surface area (Å²) >= 11 is 0. The van der Waals surface area contributed by atoms with E-state index in [-0.39, 0.29) is 36.0 Å². The Morgan fingerprint density at radius 3 is 2.36 bits per heavy atom. The molecule has 1 aliphatic heterocycles. The highest BCUT2D eigenvalue weighted by atomic mass is 19.3. The van der Waals surface area contributed by atoms with Crippen molar-refractivity contribution < 1.29 is 37.7 Å². The Labute approximate surface area is 188 Å². The molecule has 33 heavy (non-hydrogen) atoms. The molecule has 8 nitrogen and oxygen atoms in total. The van der Waals surface area contributed by atoms with E-state index in [0.717, 1.165) is 0 Å². The molecule has 0 radical (unpaired) electrons. The highest BCUT2D eigenvalue weighted by Crippen LogP contribution is 2.25. The van der Waals surface area contributed by atoms with Crippen molar-refractivity contribution in [1.82, 2.24) is 10.6 Å². The molecule has 3 N–H and O–H groups in total. The van der Waals surface area contributed by atoms with Crippen molar-refractivity contribution in [2.24, 2.45) is 0 Å². The number of rotatable bonds is 8. The zero-order valence-corrected chi connectivity index (χ0v) is 18.0. The van der Waals surface area contributed by atoms with Gasteiger partial charge in [-0.15, -0.1) is 0 Å². The molecule has 1 heterocycles. The van der Waals surface area contributed by atoms with Crippen LogP contribution in [-0.2, 0) is 14.3 Å². The summed E-state index contributed by atoms with van der Waals surface area (Å²) < 4.78 is 34.2. The van der Waals surface area contributed by atoms with Gasteiger partial charge < -0.3 is 25.2 Å². The fourth-order valence-corrected chi connectivity index (χ4v) is 3.41. The van der Waals surface area contributed by atoms with Gasteiger partial charge in [-0.25, -0.2) is 0 Å². The number of carbonyl (C=O) groups is 3. The maximum Gasteiger partial charge on any atom is 0.387 e. The third-order valence-electron chi connectivity index (χ3n) is 5.66. The fourth-order valence-electron chi connectivity index (χ4n) is 3.41. The van der Waals surface area contributed by atoms with E-state index in [4.69, 9.17) is 4.74 Å². The second-order valence-electron chi connectivity index (χ2n) is 7.83. The molecule has 2 aromatic rings. The molecule has 0 spiro atoms. The minimum atomic E-state index is -2.98. The molecule has 0 aliphatic carbocycles. The van der Waals surface area contributed by atoms with E-state index >= 15 is 0 Å². The predicted octanol–water partition coefficient (Wildman–Crippen LogP) is 2.37. The molecule has 1 fully saturated rings. The van der Waals surface area contributed by atoms with Crippen LogP contribution in [0, 0.1) is 0 Å². The molecule has 2 amide bonds. The van der Waals surface area contributed by atoms with E-state index in [0.29, 0.717) is 5.56 Å². The van der Waals surface area contributed by atoms with E-state index in [1.54, 1.807) is 26.0 Å². The first-order valence-electron chi connectivity index (χ1n) is 10.2. The standard InChI is InChI=1S/C23H24F2N2O6/c1-13-23(2,19(29)12-32-13)27-21(31)18(14-3-7-16(28)8-4-14)11-26-20(30)15-5-9-17(10-6-15)33-22(24)25/h3-10,13,18,22,28H,11-12H2,1-2H3,(H,26,30)(H,27,31). The van der Waals surface area contributed by atoms with Gasteiger partial charge in [0.05, 0.1) is 12.0 Å². The van der Waals surface area contributed by atoms with Crippen LogP contribution in [0.1, 0.15) is 35.7 Å². The Bertz CT molecular complexity index is 1010. The third-order valence-corrected chi connectivity index (χ3v) is 5.66. The summed E-state index contributed by atoms with van der Waals surface area (Å²) in [7, 11) is 0. The van der Waals surface area contributed by atoms with E-state index in [2.05, 4.69) is 15.4 Å². The minimum absolute atomic E-state index is 0.00741. The summed E-state index contributed by atoms with van der Waals surface area (Å²) in [5, 5.41) is 15.0. The van der Waals surface area contributed by atoms with Gasteiger partial charge in [0.25, 0.3) is 5.91 Å². The lowest BCUT2D eigenvalue weighted by molar-refractivity contribution is -0.130. The van der Waals surface area contributed by atoms with Crippen LogP contribution < -0.4 is 15.4 Å². The van der Waals surface area contributed by atoms with Gasteiger partial charge in [0.1, 0.15) is 23.6 Å². The number of ketones is 1. The van der Waals surface area contributed by atoms with E-state index in [1.807, 2.05) is 0 Å². The van der Waals surface area contributed by atoms with E-state index < -0.39 is 36.0 Å². The van der Waals surface area contributed by atoms with Crippen LogP contribution in [0.3, 0.4) is 0 Å². The van der Waals surface area contributed by atoms with Gasteiger partial charge in [0.2, 0.25) is 5.91 Å². The van der Waals surface area contributed by atoms with Crippen LogP contribution in [0.5, 0.6) is 11.5 Å². The van der Waals surface area contributed by atoms with Crippen molar-refractivity contribution in [1.29, 1.82) is 0 Å². The number of hydrogen-bond donors (Lipinski definition) is 3. The van der Waals surface area contributed by atoms with Gasteiger partial charge >= 0.3 is 6.61 Å². The van der Waals surface area contributed by atoms with Crippen molar-refractivity contribution in [2.45, 2.75) is 38.0 Å². The molecule has 0 aromatic heterocycles. The van der Waals surface area contributed by atoms with Crippen LogP contribution in [0.4, 0.5) is 8.78 Å². The molecule has 3 atom stereocenters. The lowest BCUT2D eigenvalue weighted by Gasteiger charge is -2.29. The zero-order valence-electron chi connectivity index (χ0n) is 18.0. The SMILES string of the molecule is CC1OCC(=O)C1(C)NC(=O)C(CNC(=O)c1ccc(OC(F)F)cc1)c1ccc(O)cc1. The van der Waals surface area contributed by atoms with Crippen LogP contribution in [0.25, 0.3) is 0 Å². The lowest BCUT2D eigenvalue weighted by atomic mass is 9.90. The summed E-state index contributed by atoms with van der Waals surface area (Å²) in [6.07, 6.45) is -0.530. The molecular formula is C23H24F2N2O6. The summed E-state index contributed by atoms with van der Waals surface area (Å²) in [6, 6.07) is 11.0. The van der Waals surface area contributed by atoms with Crippen LogP contribution in [-0.4, -0.2) is 54.1 Å². The average molecular weight is 462 g/mol. The normalized spacial score (nSPS) is 21.0. The number of carbonyl (C=O) groups excluding carboxylic acids is 3. The first-order chi connectivity index (χ1) is 15.6. The number of phenols is 1. The number of nitrogens with one attached hydrogen (secondary N) is 2. The number of benzene rings is 2. The highest BCUT2D eigenvalue weighted by Gasteiger charge is 2.47. The highest BCUT2D eigenvalue weighted by molar-refractivity contribution is 5.98. The summed E-state index contributed by atoms with van der Waals surface area (Å²) in [6.45, 7) is 0.0641. The Morgan fingerprint density at radius 2 is 1.82 bits per heavy atom. The Hall–Kier alpha value is -3.53. The van der Waals surface area contributed by atoms with E-state index in [1.165, 1.54) is 36.4 Å². The van der Waals surface area contributed by atoms with Gasteiger partial charge in [0.15, 0.2) is 5.78 Å². The van der Waals surface area contributed by atoms with E-state index in [9.17, 15) is 28.3 Å². The second-order valence-corrected chi connectivity index (χ2v) is 7.83. The summed E-state index contributed by atoms with van der Waals surface area (Å²) in [4.78, 5) is 38.0. The molecule has 3 unspecified atom stereocenters. The van der Waals surface area contributed by atoms with Crippen LogP contribution in [0.15, 0.2) is 48.5 Å². The molecule has 176 valence electrons. The molecule has 10 heteroatoms. The topological polar surface area (TPSA) is 114 Å². The Morgan fingerprint density at radius 1 is 1.18 bits per heavy atom. The van der Waals surface area contributed by atoms with Crippen molar-refractivity contribution in [3.8, 4) is 11.5 Å². The van der Waals surface area contributed by atoms with Crippen LogP contribution >= 0.6 is 0 Å². The number of ether oxygens (including phenoxy) is 2.